The Morgan fingerprint density at radius 3 is 2.33 bits per heavy atom. The van der Waals surface area contributed by atoms with Crippen LogP contribution in [0.15, 0.2) is 24.3 Å². The van der Waals surface area contributed by atoms with E-state index in [1.165, 1.54) is 11.3 Å². The fraction of sp³-hybridized carbons (Fsp3) is 0.647. The van der Waals surface area contributed by atoms with Crippen LogP contribution < -0.4 is 10.2 Å². The topological polar surface area (TPSA) is 27.7 Å². The van der Waals surface area contributed by atoms with Crippen LogP contribution in [0.25, 0.3) is 0 Å². The van der Waals surface area contributed by atoms with Crippen molar-refractivity contribution in [2.24, 2.45) is 0 Å². The maximum Gasteiger partial charge on any atom is 0.0587 e. The summed E-state index contributed by atoms with van der Waals surface area (Å²) in [4.78, 5) is 5.03. The smallest absolute Gasteiger partial charge is 0.0587 e. The minimum Gasteiger partial charge on any atom is -0.383 e. The predicted molar refractivity (Wildman–Crippen MR) is 88.9 cm³/mol. The van der Waals surface area contributed by atoms with Crippen molar-refractivity contribution in [1.82, 2.24) is 10.2 Å². The second-order valence-electron chi connectivity index (χ2n) is 5.95. The van der Waals surface area contributed by atoms with E-state index in [0.717, 1.165) is 45.9 Å². The number of nitrogens with one attached hydrogen (secondary N) is 1. The van der Waals surface area contributed by atoms with Crippen molar-refractivity contribution in [2.75, 3.05) is 51.3 Å². The number of methoxy groups -OCH3 is 1. The van der Waals surface area contributed by atoms with E-state index in [4.69, 9.17) is 4.74 Å². The molecule has 1 aromatic carbocycles. The Kier molecular flexibility index (Phi) is 6.49. The quantitative estimate of drug-likeness (QED) is 0.777. The Morgan fingerprint density at radius 2 is 1.76 bits per heavy atom. The van der Waals surface area contributed by atoms with Gasteiger partial charge in [-0.05, 0) is 31.5 Å². The zero-order valence-corrected chi connectivity index (χ0v) is 13.6. The second kappa shape index (κ2) is 8.37. The third kappa shape index (κ3) is 4.99. The van der Waals surface area contributed by atoms with Crippen LogP contribution in [-0.2, 0) is 11.3 Å². The van der Waals surface area contributed by atoms with E-state index >= 15 is 0 Å². The first-order valence-electron chi connectivity index (χ1n) is 7.98. The molecule has 0 aliphatic carbocycles. The summed E-state index contributed by atoms with van der Waals surface area (Å²) in [6, 6.07) is 9.61. The first-order valence-corrected chi connectivity index (χ1v) is 7.98. The molecule has 4 nitrogen and oxygen atoms in total. The van der Waals surface area contributed by atoms with Crippen molar-refractivity contribution >= 4 is 5.69 Å². The van der Waals surface area contributed by atoms with Crippen LogP contribution in [0.1, 0.15) is 19.4 Å². The predicted octanol–water partition coefficient (Wildman–Crippen LogP) is 1.95. The highest BCUT2D eigenvalue weighted by molar-refractivity contribution is 5.48. The molecule has 1 aliphatic heterocycles. The molecule has 0 atom stereocenters. The van der Waals surface area contributed by atoms with Crippen molar-refractivity contribution < 1.29 is 4.74 Å². The summed E-state index contributed by atoms with van der Waals surface area (Å²) < 4.78 is 5.03. The number of hydrogen-bond acceptors (Lipinski definition) is 4. The normalized spacial score (nSPS) is 16.7. The molecule has 1 heterocycles. The molecule has 4 heteroatoms. The number of benzene rings is 1. The van der Waals surface area contributed by atoms with E-state index in [1.807, 2.05) is 0 Å². The minimum atomic E-state index is 0.660. The standard InChI is InChI=1S/C17H29N3O/c1-15(2)19-9-11-20(12-10-19)17-6-4-16(5-7-17)14-18-8-13-21-3/h4-7,15,18H,8-14H2,1-3H3. The van der Waals surface area contributed by atoms with Crippen molar-refractivity contribution in [2.45, 2.75) is 26.4 Å². The molecule has 118 valence electrons. The van der Waals surface area contributed by atoms with Crippen LogP contribution in [0.4, 0.5) is 5.69 Å². The van der Waals surface area contributed by atoms with E-state index in [2.05, 4.69) is 53.2 Å². The summed E-state index contributed by atoms with van der Waals surface area (Å²) in [7, 11) is 1.73. The summed E-state index contributed by atoms with van der Waals surface area (Å²) in [5.74, 6) is 0. The van der Waals surface area contributed by atoms with Crippen LogP contribution in [0, 0.1) is 0 Å². The monoisotopic (exact) mass is 291 g/mol. The van der Waals surface area contributed by atoms with Gasteiger partial charge in [0.05, 0.1) is 6.61 Å². The summed E-state index contributed by atoms with van der Waals surface area (Å²) in [5, 5.41) is 3.37. The molecule has 0 aromatic heterocycles. The highest BCUT2D eigenvalue weighted by Gasteiger charge is 2.18. The molecular weight excluding hydrogens is 262 g/mol. The fourth-order valence-electron chi connectivity index (χ4n) is 2.73. The van der Waals surface area contributed by atoms with Crippen molar-refractivity contribution in [3.05, 3.63) is 29.8 Å². The van der Waals surface area contributed by atoms with E-state index in [-0.39, 0.29) is 0 Å². The van der Waals surface area contributed by atoms with Crippen molar-refractivity contribution in [1.29, 1.82) is 0 Å². The number of rotatable bonds is 7. The Bertz CT molecular complexity index is 397. The molecule has 2 rings (SSSR count). The van der Waals surface area contributed by atoms with Crippen LogP contribution >= 0.6 is 0 Å². The number of anilines is 1. The van der Waals surface area contributed by atoms with Gasteiger partial charge in [0.15, 0.2) is 0 Å². The van der Waals surface area contributed by atoms with E-state index in [9.17, 15) is 0 Å². The van der Waals surface area contributed by atoms with Crippen molar-refractivity contribution in [3.63, 3.8) is 0 Å². The highest BCUT2D eigenvalue weighted by atomic mass is 16.5. The first kappa shape index (κ1) is 16.3. The summed E-state index contributed by atoms with van der Waals surface area (Å²) in [6.45, 7) is 11.7. The molecule has 21 heavy (non-hydrogen) atoms. The maximum atomic E-state index is 5.03. The average Bonchev–Trinajstić information content (AvgIpc) is 2.52. The van der Waals surface area contributed by atoms with E-state index in [1.54, 1.807) is 7.11 Å². The van der Waals surface area contributed by atoms with Crippen LogP contribution in [-0.4, -0.2) is 57.4 Å². The number of ether oxygens (including phenoxy) is 1. The second-order valence-corrected chi connectivity index (χ2v) is 5.95. The third-order valence-electron chi connectivity index (χ3n) is 4.16. The lowest BCUT2D eigenvalue weighted by molar-refractivity contribution is 0.199. The molecule has 1 saturated heterocycles. The molecule has 0 radical (unpaired) electrons. The van der Waals surface area contributed by atoms with Gasteiger partial charge in [0.25, 0.3) is 0 Å². The molecular formula is C17H29N3O. The van der Waals surface area contributed by atoms with Crippen LogP contribution in [0.5, 0.6) is 0 Å². The molecule has 1 aromatic rings. The minimum absolute atomic E-state index is 0.660. The molecule has 0 saturated carbocycles. The van der Waals surface area contributed by atoms with Crippen LogP contribution in [0.3, 0.4) is 0 Å². The molecule has 0 spiro atoms. The van der Waals surface area contributed by atoms with Crippen molar-refractivity contribution in [3.8, 4) is 0 Å². The Balaban J connectivity index is 1.80. The number of piperazine rings is 1. The largest absolute Gasteiger partial charge is 0.383 e. The van der Waals surface area contributed by atoms with Gasteiger partial charge < -0.3 is 15.0 Å². The Labute approximate surface area is 129 Å². The average molecular weight is 291 g/mol. The number of nitrogens with zero attached hydrogens (tertiary/aromatic N) is 2. The summed E-state index contributed by atoms with van der Waals surface area (Å²) in [5.41, 5.74) is 2.68. The summed E-state index contributed by atoms with van der Waals surface area (Å²) >= 11 is 0. The van der Waals surface area contributed by atoms with Gasteiger partial charge in [0, 0.05) is 58.1 Å². The Morgan fingerprint density at radius 1 is 1.10 bits per heavy atom. The Hall–Kier alpha value is -1.10. The zero-order valence-electron chi connectivity index (χ0n) is 13.6. The van der Waals surface area contributed by atoms with Gasteiger partial charge >= 0.3 is 0 Å². The zero-order chi connectivity index (χ0) is 15.1. The highest BCUT2D eigenvalue weighted by Crippen LogP contribution is 2.18. The summed E-state index contributed by atoms with van der Waals surface area (Å²) in [6.07, 6.45) is 0. The molecule has 1 aliphatic rings. The molecule has 0 unspecified atom stereocenters. The van der Waals surface area contributed by atoms with Gasteiger partial charge in [0.1, 0.15) is 0 Å². The van der Waals surface area contributed by atoms with Gasteiger partial charge in [0.2, 0.25) is 0 Å². The molecule has 0 bridgehead atoms. The van der Waals surface area contributed by atoms with Crippen LogP contribution in [0.2, 0.25) is 0 Å². The van der Waals surface area contributed by atoms with Gasteiger partial charge in [-0.2, -0.15) is 0 Å². The van der Waals surface area contributed by atoms with E-state index < -0.39 is 0 Å². The SMILES string of the molecule is COCCNCc1ccc(N2CCN(C(C)C)CC2)cc1. The van der Waals surface area contributed by atoms with Gasteiger partial charge in [-0.3, -0.25) is 4.90 Å². The lowest BCUT2D eigenvalue weighted by Crippen LogP contribution is -2.48. The lowest BCUT2D eigenvalue weighted by Gasteiger charge is -2.38. The molecule has 1 N–H and O–H groups in total. The molecule has 0 amide bonds. The molecule has 1 fully saturated rings. The van der Waals surface area contributed by atoms with Gasteiger partial charge in [-0.15, -0.1) is 0 Å². The first-order chi connectivity index (χ1) is 10.2. The fourth-order valence-corrected chi connectivity index (χ4v) is 2.73. The van der Waals surface area contributed by atoms with Gasteiger partial charge in [-0.1, -0.05) is 12.1 Å². The third-order valence-corrected chi connectivity index (χ3v) is 4.16. The van der Waals surface area contributed by atoms with E-state index in [0.29, 0.717) is 6.04 Å². The van der Waals surface area contributed by atoms with Gasteiger partial charge in [-0.25, -0.2) is 0 Å². The lowest BCUT2D eigenvalue weighted by atomic mass is 10.1. The maximum absolute atomic E-state index is 5.03. The number of hydrogen-bond donors (Lipinski definition) is 1.